The fourth-order valence-corrected chi connectivity index (χ4v) is 7.35. The van der Waals surface area contributed by atoms with Gasteiger partial charge in [0.05, 0.1) is 0 Å². The number of hydrogen-bond donors (Lipinski definition) is 0. The molecule has 2 heteroatoms. The third kappa shape index (κ3) is 8.95. The fraction of sp³-hybridized carbons (Fsp3) is 0.310. The Balaban J connectivity index is 0.000000165. The van der Waals surface area contributed by atoms with Crippen LogP contribution in [0.15, 0.2) is 108 Å². The summed E-state index contributed by atoms with van der Waals surface area (Å²) in [6.45, 7) is 20.7. The van der Waals surface area contributed by atoms with Crippen LogP contribution in [-0.4, -0.2) is 11.3 Å². The van der Waals surface area contributed by atoms with Crippen molar-refractivity contribution in [3.8, 4) is 11.1 Å². The third-order valence-corrected chi connectivity index (χ3v) is 11.7. The van der Waals surface area contributed by atoms with Gasteiger partial charge in [-0.15, -0.1) is 12.0 Å². The maximum atomic E-state index is 3.53. The van der Waals surface area contributed by atoms with Crippen molar-refractivity contribution in [1.29, 1.82) is 0 Å². The molecule has 0 radical (unpaired) electrons. The van der Waals surface area contributed by atoms with Gasteiger partial charge < -0.3 is 0 Å². The predicted molar refractivity (Wildman–Crippen MR) is 191 cm³/mol. The second-order valence-corrected chi connectivity index (χ2v) is 21.2. The molecule has 44 heavy (non-hydrogen) atoms. The molecule has 4 aromatic rings. The summed E-state index contributed by atoms with van der Waals surface area (Å²) in [4.78, 5) is 0. The fourth-order valence-electron chi connectivity index (χ4n) is 5.28. The standard InChI is InChI=1S/C21H25.C13H10.C8H13Si.Zr/c1-20(2,3)16-9-7-14-11-15-8-10-17(21(4,5)6)13-19(15)18(14)12-16;1-3-7-12(8-4-1)11-13-9-5-2-6-10-13;1-9(2,3)8-6-4-5-7-8;/h7,9-10,12-13H,11H2,1-6H3;1-10H;6-7H,4H2,1-3H3;/q-1;;-1;+2. The van der Waals surface area contributed by atoms with Crippen molar-refractivity contribution in [1.82, 2.24) is 0 Å². The summed E-state index contributed by atoms with van der Waals surface area (Å²) >= 11 is 1.46. The van der Waals surface area contributed by atoms with Gasteiger partial charge in [-0.3, -0.25) is 6.08 Å². The Hall–Kier alpha value is -2.67. The second-order valence-electron chi connectivity index (χ2n) is 14.9. The molecule has 0 aromatic heterocycles. The van der Waals surface area contributed by atoms with Gasteiger partial charge in [-0.25, -0.2) is 11.3 Å². The van der Waals surface area contributed by atoms with Crippen LogP contribution in [0.25, 0.3) is 11.1 Å². The molecule has 0 unspecified atom stereocenters. The zero-order chi connectivity index (χ0) is 32.1. The molecule has 0 bridgehead atoms. The van der Waals surface area contributed by atoms with Crippen LogP contribution in [0.4, 0.5) is 0 Å². The van der Waals surface area contributed by atoms with E-state index in [-0.39, 0.29) is 10.8 Å². The summed E-state index contributed by atoms with van der Waals surface area (Å²) < 4.78 is 1.42. The Morgan fingerprint density at radius 1 is 0.705 bits per heavy atom. The molecule has 224 valence electrons. The van der Waals surface area contributed by atoms with Crippen LogP contribution in [0.3, 0.4) is 0 Å². The van der Waals surface area contributed by atoms with E-state index in [1.54, 1.807) is 5.20 Å². The minimum atomic E-state index is -0.981. The minimum absolute atomic E-state index is 0.177. The van der Waals surface area contributed by atoms with E-state index in [1.165, 1.54) is 71.9 Å². The Morgan fingerprint density at radius 2 is 1.25 bits per heavy atom. The molecule has 4 aromatic carbocycles. The summed E-state index contributed by atoms with van der Waals surface area (Å²) in [6.07, 6.45) is 9.72. The summed E-state index contributed by atoms with van der Waals surface area (Å²) in [7, 11) is -0.981. The molecule has 0 atom stereocenters. The molecule has 0 fully saturated rings. The summed E-state index contributed by atoms with van der Waals surface area (Å²) in [6, 6.07) is 36.2. The van der Waals surface area contributed by atoms with Gasteiger partial charge >= 0.3 is 99.2 Å². The van der Waals surface area contributed by atoms with Crippen LogP contribution in [0.5, 0.6) is 0 Å². The average Bonchev–Trinajstić information content (AvgIpc) is 3.66. The Morgan fingerprint density at radius 3 is 1.70 bits per heavy atom. The summed E-state index contributed by atoms with van der Waals surface area (Å²) in [5, 5.41) is 1.56. The first-order chi connectivity index (χ1) is 20.6. The van der Waals surface area contributed by atoms with Crippen molar-refractivity contribution >= 4 is 11.3 Å². The van der Waals surface area contributed by atoms with Crippen molar-refractivity contribution in [3.63, 3.8) is 0 Å². The Kier molecular flexibility index (Phi) is 11.0. The van der Waals surface area contributed by atoms with Crippen molar-refractivity contribution < 1.29 is 24.2 Å². The Bertz CT molecular complexity index is 1530. The zero-order valence-corrected chi connectivity index (χ0v) is 31.7. The van der Waals surface area contributed by atoms with Crippen LogP contribution >= 0.6 is 0 Å². The van der Waals surface area contributed by atoms with Crippen LogP contribution in [-0.2, 0) is 41.5 Å². The molecule has 0 nitrogen and oxygen atoms in total. The molecule has 0 heterocycles. The monoisotopic (exact) mass is 670 g/mol. The van der Waals surface area contributed by atoms with Gasteiger partial charge in [0.25, 0.3) is 0 Å². The van der Waals surface area contributed by atoms with E-state index in [0.717, 1.165) is 12.8 Å². The van der Waals surface area contributed by atoms with Crippen molar-refractivity contribution in [2.24, 2.45) is 0 Å². The van der Waals surface area contributed by atoms with E-state index >= 15 is 0 Å². The number of rotatable bonds is 3. The molecule has 0 saturated carbocycles. The van der Waals surface area contributed by atoms with Crippen LogP contribution in [0.1, 0.15) is 81.3 Å². The number of allylic oxidation sites excluding steroid dienone is 4. The van der Waals surface area contributed by atoms with Crippen LogP contribution in [0, 0.1) is 12.1 Å². The van der Waals surface area contributed by atoms with E-state index in [1.807, 2.05) is 0 Å². The van der Waals surface area contributed by atoms with E-state index < -0.39 is 8.07 Å². The Labute approximate surface area is 283 Å². The van der Waals surface area contributed by atoms with Crippen molar-refractivity contribution in [2.75, 3.05) is 0 Å². The van der Waals surface area contributed by atoms with Gasteiger partial charge in [-0.2, -0.15) is 35.4 Å². The normalized spacial score (nSPS) is 13.6. The molecular formula is C42H48SiZr. The summed E-state index contributed by atoms with van der Waals surface area (Å²) in [5.41, 5.74) is 11.4. The van der Waals surface area contributed by atoms with E-state index in [0.29, 0.717) is 0 Å². The number of fused-ring (bicyclic) bond motifs is 3. The molecule has 0 saturated heterocycles. The van der Waals surface area contributed by atoms with Gasteiger partial charge in [0.15, 0.2) is 0 Å². The van der Waals surface area contributed by atoms with E-state index in [4.69, 9.17) is 0 Å². The molecule has 0 spiro atoms. The molecule has 2 aliphatic carbocycles. The zero-order valence-electron chi connectivity index (χ0n) is 28.2. The van der Waals surface area contributed by atoms with E-state index in [9.17, 15) is 0 Å². The predicted octanol–water partition coefficient (Wildman–Crippen LogP) is 11.0. The van der Waals surface area contributed by atoms with Crippen molar-refractivity contribution in [3.05, 3.63) is 154 Å². The third-order valence-electron chi connectivity index (χ3n) is 8.21. The van der Waals surface area contributed by atoms with Crippen LogP contribution in [0.2, 0.25) is 19.6 Å². The molecule has 0 aliphatic heterocycles. The molecular weight excluding hydrogens is 624 g/mol. The molecule has 2 aliphatic rings. The van der Waals surface area contributed by atoms with Crippen molar-refractivity contribution in [2.45, 2.75) is 84.9 Å². The first-order valence-electron chi connectivity index (χ1n) is 15.8. The van der Waals surface area contributed by atoms with Gasteiger partial charge in [0.2, 0.25) is 0 Å². The van der Waals surface area contributed by atoms with E-state index in [2.05, 4.69) is 176 Å². The quantitative estimate of drug-likeness (QED) is 0.132. The first kappa shape index (κ1) is 34.2. The SMILES string of the molecule is CC(C)(C)c1c[c-]c2c(c1)-c1cc(C(C)(C)C)ccc1C2.C[Si](C)(C)C1=CC[C-]=C1.[Zr+2]=[C](c1ccccc1)c1ccccc1. The van der Waals surface area contributed by atoms with Gasteiger partial charge in [0, 0.05) is 0 Å². The second kappa shape index (κ2) is 14.2. The number of hydrogen-bond acceptors (Lipinski definition) is 0. The average molecular weight is 672 g/mol. The molecule has 0 amide bonds. The topological polar surface area (TPSA) is 0 Å². The van der Waals surface area contributed by atoms with Gasteiger partial charge in [-0.1, -0.05) is 95.9 Å². The first-order valence-corrected chi connectivity index (χ1v) is 20.5. The molecule has 0 N–H and O–H groups in total. The number of benzene rings is 4. The van der Waals surface area contributed by atoms with Gasteiger partial charge in [-0.05, 0) is 25.5 Å². The summed E-state index contributed by atoms with van der Waals surface area (Å²) in [5.74, 6) is 0. The van der Waals surface area contributed by atoms with Gasteiger partial charge in [0.1, 0.15) is 0 Å². The maximum absolute atomic E-state index is 3.53. The molecule has 6 rings (SSSR count). The van der Waals surface area contributed by atoms with Crippen LogP contribution < -0.4 is 0 Å².